The van der Waals surface area contributed by atoms with E-state index >= 15 is 0 Å². The van der Waals surface area contributed by atoms with Gasteiger partial charge in [0.25, 0.3) is 0 Å². The van der Waals surface area contributed by atoms with Crippen molar-refractivity contribution in [2.75, 3.05) is 12.3 Å². The van der Waals surface area contributed by atoms with Gasteiger partial charge in [-0.3, -0.25) is 4.79 Å². The molecule has 2 atom stereocenters. The summed E-state index contributed by atoms with van der Waals surface area (Å²) in [6, 6.07) is 7.70. The van der Waals surface area contributed by atoms with Crippen molar-refractivity contribution in [3.63, 3.8) is 0 Å². The third-order valence-corrected chi connectivity index (χ3v) is 3.85. The zero-order valence-corrected chi connectivity index (χ0v) is 12.5. The second kappa shape index (κ2) is 5.83. The molecule has 1 aromatic rings. The van der Waals surface area contributed by atoms with Crippen LogP contribution in [0.5, 0.6) is 0 Å². The van der Waals surface area contributed by atoms with Gasteiger partial charge in [0.2, 0.25) is 5.91 Å². The monoisotopic (exact) mass is 276 g/mol. The molecule has 1 heterocycles. The summed E-state index contributed by atoms with van der Waals surface area (Å²) in [5.74, 6) is -0.136. The summed E-state index contributed by atoms with van der Waals surface area (Å²) in [6.45, 7) is 6.73. The molecule has 1 aliphatic rings. The van der Waals surface area contributed by atoms with Crippen molar-refractivity contribution in [2.24, 2.45) is 0 Å². The van der Waals surface area contributed by atoms with Crippen molar-refractivity contribution in [3.05, 3.63) is 29.8 Å². The number of nitrogen functional groups attached to an aromatic ring is 1. The number of rotatable bonds is 3. The average molecular weight is 276 g/mol. The molecule has 110 valence electrons. The average Bonchev–Trinajstić information content (AvgIpc) is 2.36. The largest absolute Gasteiger partial charge is 0.399 e. The molecular formula is C16H24N2O2. The Kier molecular flexibility index (Phi) is 4.33. The zero-order valence-electron chi connectivity index (χ0n) is 12.5. The molecule has 20 heavy (non-hydrogen) atoms. The molecule has 1 amide bonds. The maximum Gasteiger partial charge on any atom is 0.227 e. The fourth-order valence-corrected chi connectivity index (χ4v) is 2.66. The van der Waals surface area contributed by atoms with Gasteiger partial charge in [-0.2, -0.15) is 0 Å². The Hall–Kier alpha value is -1.55. The molecule has 0 aliphatic carbocycles. The highest BCUT2D eigenvalue weighted by Crippen LogP contribution is 2.25. The molecule has 2 unspecified atom stereocenters. The number of carbonyl (C=O) groups is 1. The smallest absolute Gasteiger partial charge is 0.227 e. The summed E-state index contributed by atoms with van der Waals surface area (Å²) in [4.78, 5) is 12.3. The highest BCUT2D eigenvalue weighted by atomic mass is 16.5. The van der Waals surface area contributed by atoms with Gasteiger partial charge in [0.05, 0.1) is 11.5 Å². The van der Waals surface area contributed by atoms with Gasteiger partial charge in [-0.25, -0.2) is 0 Å². The first kappa shape index (κ1) is 14.9. The highest BCUT2D eigenvalue weighted by Gasteiger charge is 2.30. The summed E-state index contributed by atoms with van der Waals surface area (Å²) >= 11 is 0. The van der Waals surface area contributed by atoms with Crippen molar-refractivity contribution in [2.45, 2.75) is 51.2 Å². The van der Waals surface area contributed by atoms with Gasteiger partial charge in [0.15, 0.2) is 0 Å². The second-order valence-electron chi connectivity index (χ2n) is 6.20. The number of ether oxygens (including phenoxy) is 1. The summed E-state index contributed by atoms with van der Waals surface area (Å²) in [6.07, 6.45) is 1.72. The minimum atomic E-state index is -0.190. The van der Waals surface area contributed by atoms with Crippen LogP contribution in [0.2, 0.25) is 0 Å². The SMILES string of the molecule is CC(C(=O)NC1CCOC(C)(C)C1)c1cccc(N)c1. The van der Waals surface area contributed by atoms with E-state index in [1.54, 1.807) is 0 Å². The lowest BCUT2D eigenvalue weighted by molar-refractivity contribution is -0.125. The van der Waals surface area contributed by atoms with Crippen LogP contribution in [0.4, 0.5) is 5.69 Å². The van der Waals surface area contributed by atoms with E-state index in [2.05, 4.69) is 19.2 Å². The fraction of sp³-hybridized carbons (Fsp3) is 0.562. The maximum atomic E-state index is 12.3. The van der Waals surface area contributed by atoms with Gasteiger partial charge in [-0.15, -0.1) is 0 Å². The van der Waals surface area contributed by atoms with Crippen molar-refractivity contribution in [1.82, 2.24) is 5.32 Å². The molecule has 1 fully saturated rings. The molecule has 2 rings (SSSR count). The summed E-state index contributed by atoms with van der Waals surface area (Å²) in [7, 11) is 0. The molecule has 1 saturated heterocycles. The van der Waals surface area contributed by atoms with E-state index in [0.29, 0.717) is 12.3 Å². The summed E-state index contributed by atoms with van der Waals surface area (Å²) in [5.41, 5.74) is 7.25. The molecule has 0 spiro atoms. The fourth-order valence-electron chi connectivity index (χ4n) is 2.66. The maximum absolute atomic E-state index is 12.3. The molecule has 3 N–H and O–H groups in total. The molecule has 4 heteroatoms. The van der Waals surface area contributed by atoms with Gasteiger partial charge in [0.1, 0.15) is 0 Å². The van der Waals surface area contributed by atoms with Crippen LogP contribution in [0.15, 0.2) is 24.3 Å². The number of anilines is 1. The number of nitrogens with one attached hydrogen (secondary N) is 1. The summed E-state index contributed by atoms with van der Waals surface area (Å²) < 4.78 is 5.67. The van der Waals surface area contributed by atoms with Crippen LogP contribution in [0.1, 0.15) is 45.1 Å². The van der Waals surface area contributed by atoms with Crippen LogP contribution in [0.25, 0.3) is 0 Å². The normalized spacial score (nSPS) is 23.1. The minimum Gasteiger partial charge on any atom is -0.399 e. The lowest BCUT2D eigenvalue weighted by Crippen LogP contribution is -2.46. The van der Waals surface area contributed by atoms with Gasteiger partial charge < -0.3 is 15.8 Å². The second-order valence-corrected chi connectivity index (χ2v) is 6.20. The standard InChI is InChI=1S/C16H24N2O2/c1-11(12-5-4-6-13(17)9-12)15(19)18-14-7-8-20-16(2,3)10-14/h4-6,9,11,14H,7-8,10,17H2,1-3H3,(H,18,19). The Balaban J connectivity index is 1.97. The molecule has 0 radical (unpaired) electrons. The Morgan fingerprint density at radius 1 is 1.50 bits per heavy atom. The van der Waals surface area contributed by atoms with Crippen molar-refractivity contribution in [3.8, 4) is 0 Å². The first-order valence-corrected chi connectivity index (χ1v) is 7.17. The molecule has 1 aromatic carbocycles. The Bertz CT molecular complexity index is 485. The van der Waals surface area contributed by atoms with E-state index in [1.807, 2.05) is 31.2 Å². The highest BCUT2D eigenvalue weighted by molar-refractivity contribution is 5.83. The molecular weight excluding hydrogens is 252 g/mol. The van der Waals surface area contributed by atoms with Crippen molar-refractivity contribution >= 4 is 11.6 Å². The van der Waals surface area contributed by atoms with Gasteiger partial charge in [-0.1, -0.05) is 12.1 Å². The van der Waals surface area contributed by atoms with Crippen LogP contribution >= 0.6 is 0 Å². The Morgan fingerprint density at radius 2 is 2.25 bits per heavy atom. The molecule has 4 nitrogen and oxygen atoms in total. The number of hydrogen-bond acceptors (Lipinski definition) is 3. The Morgan fingerprint density at radius 3 is 2.90 bits per heavy atom. The van der Waals surface area contributed by atoms with Crippen LogP contribution in [-0.4, -0.2) is 24.2 Å². The van der Waals surface area contributed by atoms with Crippen LogP contribution in [-0.2, 0) is 9.53 Å². The third kappa shape index (κ3) is 3.73. The lowest BCUT2D eigenvalue weighted by atomic mass is 9.92. The topological polar surface area (TPSA) is 64.3 Å². The van der Waals surface area contributed by atoms with Crippen LogP contribution in [0, 0.1) is 0 Å². The number of amides is 1. The van der Waals surface area contributed by atoms with E-state index < -0.39 is 0 Å². The predicted octanol–water partition coefficient (Wildman–Crippen LogP) is 2.45. The van der Waals surface area contributed by atoms with Crippen molar-refractivity contribution < 1.29 is 9.53 Å². The van der Waals surface area contributed by atoms with Gasteiger partial charge in [0, 0.05) is 18.3 Å². The van der Waals surface area contributed by atoms with Gasteiger partial charge in [-0.05, 0) is 51.3 Å². The predicted molar refractivity (Wildman–Crippen MR) is 80.5 cm³/mol. The van der Waals surface area contributed by atoms with Crippen LogP contribution < -0.4 is 11.1 Å². The van der Waals surface area contributed by atoms with E-state index in [-0.39, 0.29) is 23.5 Å². The number of nitrogens with two attached hydrogens (primary N) is 1. The van der Waals surface area contributed by atoms with E-state index in [4.69, 9.17) is 10.5 Å². The summed E-state index contributed by atoms with van der Waals surface area (Å²) in [5, 5.41) is 3.13. The molecule has 1 aliphatic heterocycles. The van der Waals surface area contributed by atoms with E-state index in [9.17, 15) is 4.79 Å². The zero-order chi connectivity index (χ0) is 14.8. The quantitative estimate of drug-likeness (QED) is 0.833. The molecule has 0 aromatic heterocycles. The molecule has 0 saturated carbocycles. The number of carbonyl (C=O) groups excluding carboxylic acids is 1. The minimum absolute atomic E-state index is 0.0540. The third-order valence-electron chi connectivity index (χ3n) is 3.85. The van der Waals surface area contributed by atoms with Gasteiger partial charge >= 0.3 is 0 Å². The Labute approximate surface area is 120 Å². The van der Waals surface area contributed by atoms with E-state index in [0.717, 1.165) is 18.4 Å². The number of hydrogen-bond donors (Lipinski definition) is 2. The lowest BCUT2D eigenvalue weighted by Gasteiger charge is -2.36. The van der Waals surface area contributed by atoms with Crippen LogP contribution in [0.3, 0.4) is 0 Å². The molecule has 0 bridgehead atoms. The first-order valence-electron chi connectivity index (χ1n) is 7.17. The number of benzene rings is 1. The first-order chi connectivity index (χ1) is 9.37. The van der Waals surface area contributed by atoms with Crippen molar-refractivity contribution in [1.29, 1.82) is 0 Å². The van der Waals surface area contributed by atoms with E-state index in [1.165, 1.54) is 0 Å².